The molecule has 6 heteroatoms. The van der Waals surface area contributed by atoms with Gasteiger partial charge in [0.15, 0.2) is 5.15 Å². The van der Waals surface area contributed by atoms with Crippen molar-refractivity contribution < 1.29 is 9.13 Å². The van der Waals surface area contributed by atoms with Crippen molar-refractivity contribution in [2.75, 3.05) is 0 Å². The van der Waals surface area contributed by atoms with Gasteiger partial charge in [0.05, 0.1) is 11.4 Å². The fourth-order valence-electron chi connectivity index (χ4n) is 1.42. The Morgan fingerprint density at radius 3 is 2.63 bits per heavy atom. The Labute approximate surface area is 114 Å². The maximum Gasteiger partial charge on any atom is 0.257 e. The van der Waals surface area contributed by atoms with Gasteiger partial charge in [-0.25, -0.2) is 14.4 Å². The number of ether oxygens (including phenoxy) is 1. The van der Waals surface area contributed by atoms with E-state index in [0.29, 0.717) is 11.4 Å². The summed E-state index contributed by atoms with van der Waals surface area (Å²) in [5.41, 5.74) is 1.13. The van der Waals surface area contributed by atoms with Crippen molar-refractivity contribution in [3.63, 3.8) is 0 Å². The van der Waals surface area contributed by atoms with Gasteiger partial charge in [0.2, 0.25) is 0 Å². The Morgan fingerprint density at radius 2 is 1.95 bits per heavy atom. The van der Waals surface area contributed by atoms with Crippen molar-refractivity contribution in [2.24, 2.45) is 0 Å². The molecule has 1 heterocycles. The van der Waals surface area contributed by atoms with E-state index >= 15 is 0 Å². The van der Waals surface area contributed by atoms with E-state index in [-0.39, 0.29) is 22.3 Å². The number of hydrogen-bond acceptors (Lipinski definition) is 4. The number of aromatic nitrogens is 2. The molecule has 96 valence electrons. The van der Waals surface area contributed by atoms with E-state index in [1.165, 1.54) is 18.2 Å². The summed E-state index contributed by atoms with van der Waals surface area (Å²) < 4.78 is 18.8. The van der Waals surface area contributed by atoms with Crippen LogP contribution in [0.3, 0.4) is 0 Å². The molecule has 1 aromatic carbocycles. The van der Waals surface area contributed by atoms with Crippen molar-refractivity contribution in [2.45, 2.75) is 13.8 Å². The van der Waals surface area contributed by atoms with Gasteiger partial charge < -0.3 is 4.74 Å². The topological polar surface area (TPSA) is 58.8 Å². The van der Waals surface area contributed by atoms with E-state index < -0.39 is 5.82 Å². The number of nitriles is 1. The Morgan fingerprint density at radius 1 is 1.26 bits per heavy atom. The van der Waals surface area contributed by atoms with E-state index in [1.807, 2.05) is 0 Å². The molecule has 1 aromatic heterocycles. The van der Waals surface area contributed by atoms with Gasteiger partial charge in [-0.05, 0) is 26.0 Å². The minimum absolute atomic E-state index is 0.0480. The predicted molar refractivity (Wildman–Crippen MR) is 67.7 cm³/mol. The highest BCUT2D eigenvalue weighted by molar-refractivity contribution is 6.30. The number of aryl methyl sites for hydroxylation is 2. The van der Waals surface area contributed by atoms with Crippen molar-refractivity contribution in [1.82, 2.24) is 9.97 Å². The van der Waals surface area contributed by atoms with Crippen molar-refractivity contribution in [3.05, 3.63) is 46.1 Å². The molecule has 0 aliphatic heterocycles. The molecule has 0 spiro atoms. The van der Waals surface area contributed by atoms with Gasteiger partial charge in [-0.15, -0.1) is 0 Å². The molecule has 0 radical (unpaired) electrons. The van der Waals surface area contributed by atoms with Crippen LogP contribution in [-0.4, -0.2) is 9.97 Å². The first kappa shape index (κ1) is 13.2. The molecule has 2 rings (SSSR count). The highest BCUT2D eigenvalue weighted by Crippen LogP contribution is 2.29. The molecular formula is C13H9ClFN3O. The molecule has 19 heavy (non-hydrogen) atoms. The van der Waals surface area contributed by atoms with Crippen LogP contribution >= 0.6 is 11.6 Å². The second-order valence-corrected chi connectivity index (χ2v) is 4.18. The average Bonchev–Trinajstić information content (AvgIpc) is 2.36. The maximum atomic E-state index is 13.4. The summed E-state index contributed by atoms with van der Waals surface area (Å²) >= 11 is 5.91. The zero-order chi connectivity index (χ0) is 14.0. The summed E-state index contributed by atoms with van der Waals surface area (Å²) in [6.45, 7) is 3.52. The summed E-state index contributed by atoms with van der Waals surface area (Å²) in [5.74, 6) is -0.554. The second kappa shape index (κ2) is 5.21. The summed E-state index contributed by atoms with van der Waals surface area (Å²) in [6, 6.07) is 5.82. The second-order valence-electron chi connectivity index (χ2n) is 3.82. The highest BCUT2D eigenvalue weighted by Gasteiger charge is 2.14. The molecule has 0 saturated carbocycles. The van der Waals surface area contributed by atoms with Crippen LogP contribution in [0, 0.1) is 31.0 Å². The summed E-state index contributed by atoms with van der Waals surface area (Å²) in [4.78, 5) is 8.17. The lowest BCUT2D eigenvalue weighted by atomic mass is 10.2. The molecule has 0 amide bonds. The monoisotopic (exact) mass is 277 g/mol. The molecule has 4 nitrogen and oxygen atoms in total. The zero-order valence-electron chi connectivity index (χ0n) is 10.2. The van der Waals surface area contributed by atoms with E-state index in [0.717, 1.165) is 0 Å². The van der Waals surface area contributed by atoms with Crippen LogP contribution in [0.5, 0.6) is 11.6 Å². The smallest absolute Gasteiger partial charge is 0.257 e. The Bertz CT molecular complexity index is 682. The lowest BCUT2D eigenvalue weighted by Gasteiger charge is -2.09. The zero-order valence-corrected chi connectivity index (χ0v) is 11.0. The average molecular weight is 278 g/mol. The summed E-state index contributed by atoms with van der Waals surface area (Å²) in [7, 11) is 0. The third-order valence-electron chi connectivity index (χ3n) is 2.53. The Kier molecular flexibility index (Phi) is 3.63. The molecular weight excluding hydrogens is 269 g/mol. The van der Waals surface area contributed by atoms with Crippen LogP contribution in [0.25, 0.3) is 0 Å². The van der Waals surface area contributed by atoms with Crippen molar-refractivity contribution >= 4 is 11.6 Å². The van der Waals surface area contributed by atoms with E-state index in [1.54, 1.807) is 19.9 Å². The van der Waals surface area contributed by atoms with Gasteiger partial charge in [-0.2, -0.15) is 5.26 Å². The van der Waals surface area contributed by atoms with Crippen LogP contribution in [-0.2, 0) is 0 Å². The third kappa shape index (κ3) is 2.64. The fraction of sp³-hybridized carbons (Fsp3) is 0.154. The first-order chi connectivity index (χ1) is 9.02. The molecule has 0 aliphatic carbocycles. The molecule has 0 saturated heterocycles. The Hall–Kier alpha value is -2.19. The van der Waals surface area contributed by atoms with Gasteiger partial charge in [-0.3, -0.25) is 0 Å². The Balaban J connectivity index is 2.45. The highest BCUT2D eigenvalue weighted by atomic mass is 35.5. The maximum absolute atomic E-state index is 13.4. The number of hydrogen-bond donors (Lipinski definition) is 0. The first-order valence-corrected chi connectivity index (χ1v) is 5.78. The van der Waals surface area contributed by atoms with Crippen molar-refractivity contribution in [1.29, 1.82) is 5.26 Å². The van der Waals surface area contributed by atoms with Crippen LogP contribution < -0.4 is 4.74 Å². The predicted octanol–water partition coefficient (Wildman–Crippen LogP) is 3.55. The molecule has 0 bridgehead atoms. The van der Waals surface area contributed by atoms with E-state index in [9.17, 15) is 4.39 Å². The number of nitrogens with zero attached hydrogens (tertiary/aromatic N) is 3. The molecule has 0 aliphatic rings. The van der Waals surface area contributed by atoms with Gasteiger partial charge in [0.1, 0.15) is 23.2 Å². The van der Waals surface area contributed by atoms with Gasteiger partial charge in [0, 0.05) is 0 Å². The van der Waals surface area contributed by atoms with E-state index in [2.05, 4.69) is 9.97 Å². The van der Waals surface area contributed by atoms with Gasteiger partial charge in [-0.1, -0.05) is 17.7 Å². The molecule has 0 N–H and O–H groups in total. The summed E-state index contributed by atoms with van der Waals surface area (Å²) in [6.07, 6.45) is 0. The third-order valence-corrected chi connectivity index (χ3v) is 2.78. The largest absolute Gasteiger partial charge is 0.435 e. The molecule has 0 fully saturated rings. The van der Waals surface area contributed by atoms with Crippen LogP contribution in [0.4, 0.5) is 4.39 Å². The summed E-state index contributed by atoms with van der Waals surface area (Å²) in [5, 5.41) is 8.97. The number of benzene rings is 1. The lowest BCUT2D eigenvalue weighted by molar-refractivity contribution is 0.452. The van der Waals surface area contributed by atoms with Crippen LogP contribution in [0.2, 0.25) is 5.15 Å². The molecule has 0 unspecified atom stereocenters. The standard InChI is InChI=1S/C13H9ClFN3O/c1-7-8(2)18-13(12(14)17-7)19-11-5-3-4-10(15)9(11)6-16/h3-5H,1-2H3. The van der Waals surface area contributed by atoms with Gasteiger partial charge >= 0.3 is 0 Å². The normalized spacial score (nSPS) is 10.1. The lowest BCUT2D eigenvalue weighted by Crippen LogP contribution is -1.99. The minimum atomic E-state index is -0.659. The van der Waals surface area contributed by atoms with Crippen LogP contribution in [0.15, 0.2) is 18.2 Å². The van der Waals surface area contributed by atoms with Gasteiger partial charge in [0.25, 0.3) is 5.88 Å². The fourth-order valence-corrected chi connectivity index (χ4v) is 1.63. The first-order valence-electron chi connectivity index (χ1n) is 5.40. The van der Waals surface area contributed by atoms with Crippen molar-refractivity contribution in [3.8, 4) is 17.7 Å². The van der Waals surface area contributed by atoms with E-state index in [4.69, 9.17) is 21.6 Å². The SMILES string of the molecule is Cc1nc(Cl)c(Oc2cccc(F)c2C#N)nc1C. The molecule has 2 aromatic rings. The molecule has 0 atom stereocenters. The number of rotatable bonds is 2. The van der Waals surface area contributed by atoms with Crippen LogP contribution in [0.1, 0.15) is 17.0 Å². The number of halogens is 2. The quantitative estimate of drug-likeness (QED) is 0.842. The minimum Gasteiger partial charge on any atom is -0.435 e.